The molecular weight excluding hydrogens is 586 g/mol. The minimum Gasteiger partial charge on any atom is -0.436 e. The third kappa shape index (κ3) is 11.1. The van der Waals surface area contributed by atoms with E-state index >= 15 is 0 Å². The second kappa shape index (κ2) is 18.3. The fourth-order valence-electron chi connectivity index (χ4n) is 5.76. The van der Waals surface area contributed by atoms with Crippen molar-refractivity contribution in [3.05, 3.63) is 71.8 Å². The quantitative estimate of drug-likeness (QED) is 0.201. The summed E-state index contributed by atoms with van der Waals surface area (Å²) in [5.74, 6) is -1.76. The normalized spacial score (nSPS) is 16.9. The maximum atomic E-state index is 14.0. The first kappa shape index (κ1) is 36.5. The molecule has 1 fully saturated rings. The molecule has 0 aromatic heterocycles. The van der Waals surface area contributed by atoms with Gasteiger partial charge in [0.05, 0.1) is 12.1 Å². The van der Waals surface area contributed by atoms with Gasteiger partial charge < -0.3 is 36.0 Å². The van der Waals surface area contributed by atoms with Crippen LogP contribution in [0.5, 0.6) is 0 Å². The van der Waals surface area contributed by atoms with Crippen molar-refractivity contribution in [1.82, 2.24) is 26.2 Å². The molecule has 2 aromatic rings. The lowest BCUT2D eigenvalue weighted by atomic mass is 9.88. The Morgan fingerprint density at radius 3 is 1.93 bits per heavy atom. The predicted octanol–water partition coefficient (Wildman–Crippen LogP) is 2.42. The van der Waals surface area contributed by atoms with Gasteiger partial charge in [0.2, 0.25) is 11.8 Å². The number of likely N-dealkylation sites (tertiary alicyclic amines) is 1. The van der Waals surface area contributed by atoms with Crippen molar-refractivity contribution in [2.75, 3.05) is 27.2 Å². The first-order valence-corrected chi connectivity index (χ1v) is 16.2. The van der Waals surface area contributed by atoms with E-state index in [2.05, 4.69) is 21.3 Å². The largest absolute Gasteiger partial charge is 0.436 e. The molecule has 0 spiro atoms. The minimum absolute atomic E-state index is 0.01000. The molecule has 1 aliphatic rings. The predicted molar refractivity (Wildman–Crippen MR) is 177 cm³/mol. The number of likely N-dealkylation sites (N-methyl/N-ethyl adjacent to an activating group) is 1. The van der Waals surface area contributed by atoms with Gasteiger partial charge in [-0.25, -0.2) is 4.79 Å². The van der Waals surface area contributed by atoms with Gasteiger partial charge in [0.25, 0.3) is 5.91 Å². The van der Waals surface area contributed by atoms with E-state index < -0.39 is 42.2 Å². The number of carbonyl (C=O) groups excluding carboxylic acids is 4. The van der Waals surface area contributed by atoms with Crippen molar-refractivity contribution in [1.29, 1.82) is 0 Å². The van der Waals surface area contributed by atoms with E-state index in [1.54, 1.807) is 0 Å². The molecule has 0 bridgehead atoms. The summed E-state index contributed by atoms with van der Waals surface area (Å²) in [5.41, 5.74) is 1.77. The number of ether oxygens (including phenoxy) is 1. The zero-order chi connectivity index (χ0) is 33.6. The third-order valence-corrected chi connectivity index (χ3v) is 8.63. The molecular formula is C35H51N5O6. The summed E-state index contributed by atoms with van der Waals surface area (Å²) >= 11 is 0. The summed E-state index contributed by atoms with van der Waals surface area (Å²) < 4.78 is 5.25. The second-order valence-electron chi connectivity index (χ2n) is 12.4. The van der Waals surface area contributed by atoms with Crippen LogP contribution in [0.3, 0.4) is 0 Å². The van der Waals surface area contributed by atoms with Crippen LogP contribution >= 0.6 is 0 Å². The van der Waals surface area contributed by atoms with Crippen LogP contribution in [0.1, 0.15) is 51.2 Å². The number of piperidine rings is 1. The van der Waals surface area contributed by atoms with Gasteiger partial charge in [-0.2, -0.15) is 0 Å². The third-order valence-electron chi connectivity index (χ3n) is 8.63. The Hall–Kier alpha value is -3.96. The lowest BCUT2D eigenvalue weighted by molar-refractivity contribution is -0.139. The van der Waals surface area contributed by atoms with Crippen molar-refractivity contribution in [2.45, 2.75) is 83.2 Å². The smallest absolute Gasteiger partial charge is 0.408 e. The molecule has 1 heterocycles. The zero-order valence-electron chi connectivity index (χ0n) is 27.7. The molecule has 1 saturated heterocycles. The highest BCUT2D eigenvalue weighted by molar-refractivity contribution is 5.89. The van der Waals surface area contributed by atoms with Crippen LogP contribution in [0.25, 0.3) is 0 Å². The number of hydrogen-bond acceptors (Lipinski definition) is 7. The number of nitrogens with zero attached hydrogens (tertiary/aromatic N) is 1. The van der Waals surface area contributed by atoms with Gasteiger partial charge >= 0.3 is 6.09 Å². The molecule has 5 N–H and O–H groups in total. The van der Waals surface area contributed by atoms with E-state index in [-0.39, 0.29) is 30.6 Å². The van der Waals surface area contributed by atoms with E-state index in [0.717, 1.165) is 24.0 Å². The van der Waals surface area contributed by atoms with Crippen LogP contribution in [0.4, 0.5) is 4.79 Å². The van der Waals surface area contributed by atoms with E-state index in [1.165, 1.54) is 14.0 Å². The SMILES string of the molecule is CNC(=O)[C@@H](C)OC(=O)N[C@@H](Cc1ccccc1)[C@@H](O)CC(Cc1ccccc1)C(=O)N[C@H](C(=O)N1CCC(NC)CC1)C(C)C. The van der Waals surface area contributed by atoms with Crippen molar-refractivity contribution < 1.29 is 29.0 Å². The number of benzene rings is 2. The molecule has 1 aliphatic heterocycles. The maximum Gasteiger partial charge on any atom is 0.408 e. The summed E-state index contributed by atoms with van der Waals surface area (Å²) in [6.07, 6.45) is -0.744. The van der Waals surface area contributed by atoms with Crippen molar-refractivity contribution >= 4 is 23.8 Å². The Balaban J connectivity index is 1.81. The molecule has 252 valence electrons. The monoisotopic (exact) mass is 637 g/mol. The second-order valence-corrected chi connectivity index (χ2v) is 12.4. The lowest BCUT2D eigenvalue weighted by Crippen LogP contribution is -2.55. The minimum atomic E-state index is -1.16. The first-order valence-electron chi connectivity index (χ1n) is 16.2. The highest BCUT2D eigenvalue weighted by Gasteiger charge is 2.35. The van der Waals surface area contributed by atoms with Crippen molar-refractivity contribution in [3.8, 4) is 0 Å². The number of hydrogen-bond donors (Lipinski definition) is 5. The molecule has 3 rings (SSSR count). The van der Waals surface area contributed by atoms with E-state index in [0.29, 0.717) is 25.6 Å². The van der Waals surface area contributed by atoms with Crippen LogP contribution in [-0.4, -0.2) is 91.3 Å². The Labute approximate surface area is 272 Å². The molecule has 1 unspecified atom stereocenters. The molecule has 2 aromatic carbocycles. The number of carbonyl (C=O) groups is 4. The molecule has 4 amide bonds. The summed E-state index contributed by atoms with van der Waals surface area (Å²) in [7, 11) is 3.37. The molecule has 11 nitrogen and oxygen atoms in total. The van der Waals surface area contributed by atoms with Gasteiger partial charge in [-0.1, -0.05) is 74.5 Å². The fourth-order valence-corrected chi connectivity index (χ4v) is 5.76. The van der Waals surface area contributed by atoms with Crippen molar-refractivity contribution in [2.24, 2.45) is 11.8 Å². The fraction of sp³-hybridized carbons (Fsp3) is 0.543. The molecule has 11 heteroatoms. The topological polar surface area (TPSA) is 149 Å². The van der Waals surface area contributed by atoms with E-state index in [1.807, 2.05) is 86.5 Å². The Bertz CT molecular complexity index is 1250. The number of nitrogens with one attached hydrogen (secondary N) is 4. The average Bonchev–Trinajstić information content (AvgIpc) is 3.06. The summed E-state index contributed by atoms with van der Waals surface area (Å²) in [4.78, 5) is 54.2. The van der Waals surface area contributed by atoms with Gasteiger partial charge in [0.15, 0.2) is 6.10 Å². The Morgan fingerprint density at radius 2 is 1.41 bits per heavy atom. The van der Waals surface area contributed by atoms with Crippen LogP contribution in [0.15, 0.2) is 60.7 Å². The molecule has 0 aliphatic carbocycles. The van der Waals surface area contributed by atoms with Gasteiger partial charge in [-0.3, -0.25) is 14.4 Å². The standard InChI is InChI=1S/C35H51N5O6/c1-23(2)31(34(44)40-18-16-28(36-4)17-19-40)39-33(43)27(20-25-12-8-6-9-13-25)22-30(41)29(21-26-14-10-7-11-15-26)38-35(45)46-24(3)32(42)37-5/h6-15,23-24,27-31,36,41H,16-22H2,1-5H3,(H,37,42)(H,38,45)(H,39,43)/t24-,27?,29+,30+,31+/m1/s1. The molecule has 46 heavy (non-hydrogen) atoms. The van der Waals surface area contributed by atoms with Gasteiger partial charge in [-0.15, -0.1) is 0 Å². The molecule has 0 saturated carbocycles. The number of amides is 4. The first-order chi connectivity index (χ1) is 22.0. The Morgan fingerprint density at radius 1 is 0.848 bits per heavy atom. The number of alkyl carbamates (subject to hydrolysis) is 1. The Kier molecular flexibility index (Phi) is 14.5. The summed E-state index contributed by atoms with van der Waals surface area (Å²) in [6.45, 7) is 6.52. The van der Waals surface area contributed by atoms with Crippen LogP contribution in [-0.2, 0) is 32.0 Å². The highest BCUT2D eigenvalue weighted by atomic mass is 16.6. The van der Waals surface area contributed by atoms with E-state index in [9.17, 15) is 24.3 Å². The molecule has 5 atom stereocenters. The number of aliphatic hydroxyl groups excluding tert-OH is 1. The number of rotatable bonds is 15. The maximum absolute atomic E-state index is 14.0. The van der Waals surface area contributed by atoms with Crippen molar-refractivity contribution in [3.63, 3.8) is 0 Å². The van der Waals surface area contributed by atoms with Gasteiger partial charge in [0.1, 0.15) is 6.04 Å². The van der Waals surface area contributed by atoms with Crippen LogP contribution in [0, 0.1) is 11.8 Å². The summed E-state index contributed by atoms with van der Waals surface area (Å²) in [5, 5.41) is 23.1. The lowest BCUT2D eigenvalue weighted by Gasteiger charge is -2.36. The zero-order valence-corrected chi connectivity index (χ0v) is 27.7. The van der Waals surface area contributed by atoms with E-state index in [4.69, 9.17) is 4.74 Å². The van der Waals surface area contributed by atoms with Crippen LogP contribution in [0.2, 0.25) is 0 Å². The van der Waals surface area contributed by atoms with Crippen LogP contribution < -0.4 is 21.3 Å². The molecule has 0 radical (unpaired) electrons. The van der Waals surface area contributed by atoms with Gasteiger partial charge in [-0.05, 0) is 63.1 Å². The average molecular weight is 638 g/mol. The van der Waals surface area contributed by atoms with Gasteiger partial charge in [0, 0.05) is 32.1 Å². The summed E-state index contributed by atoms with van der Waals surface area (Å²) in [6, 6.07) is 17.7. The highest BCUT2D eigenvalue weighted by Crippen LogP contribution is 2.21. The number of aliphatic hydroxyl groups is 1.